The molecular weight excluding hydrogens is 308 g/mol. The third-order valence-electron chi connectivity index (χ3n) is 4.48. The molecular formula is C19H23ClN2O. The highest BCUT2D eigenvalue weighted by atomic mass is 35.5. The van der Waals surface area contributed by atoms with Crippen molar-refractivity contribution in [3.05, 3.63) is 65.2 Å². The van der Waals surface area contributed by atoms with Gasteiger partial charge < -0.3 is 15.3 Å². The number of benzene rings is 2. The molecule has 1 saturated heterocycles. The van der Waals surface area contributed by atoms with E-state index in [1.54, 1.807) is 0 Å². The van der Waals surface area contributed by atoms with Gasteiger partial charge in [-0.3, -0.25) is 0 Å². The van der Waals surface area contributed by atoms with Crippen LogP contribution in [0.4, 0.5) is 5.69 Å². The third kappa shape index (κ3) is 4.25. The Kier molecular flexibility index (Phi) is 5.55. The first-order valence-electron chi connectivity index (χ1n) is 8.20. The molecule has 1 heterocycles. The number of hydrogen-bond acceptors (Lipinski definition) is 3. The summed E-state index contributed by atoms with van der Waals surface area (Å²) in [6, 6.07) is 18.5. The molecule has 1 fully saturated rings. The zero-order valence-electron chi connectivity index (χ0n) is 13.2. The van der Waals surface area contributed by atoms with Crippen LogP contribution in [-0.2, 0) is 0 Å². The van der Waals surface area contributed by atoms with Crippen LogP contribution in [0, 0.1) is 0 Å². The minimum absolute atomic E-state index is 0.451. The predicted octanol–water partition coefficient (Wildman–Crippen LogP) is 3.63. The molecule has 3 rings (SSSR count). The summed E-state index contributed by atoms with van der Waals surface area (Å²) in [4.78, 5) is 2.42. The van der Waals surface area contributed by atoms with Gasteiger partial charge in [0.1, 0.15) is 0 Å². The monoisotopic (exact) mass is 330 g/mol. The molecule has 3 nitrogen and oxygen atoms in total. The predicted molar refractivity (Wildman–Crippen MR) is 96.1 cm³/mol. The maximum atomic E-state index is 10.3. The number of aliphatic hydroxyl groups excluding tert-OH is 1. The zero-order chi connectivity index (χ0) is 16.1. The molecule has 0 radical (unpaired) electrons. The number of aliphatic hydroxyl groups is 1. The van der Waals surface area contributed by atoms with Crippen LogP contribution in [0.3, 0.4) is 0 Å². The Morgan fingerprint density at radius 3 is 2.39 bits per heavy atom. The maximum Gasteiger partial charge on any atom is 0.0928 e. The van der Waals surface area contributed by atoms with E-state index in [1.165, 1.54) is 5.69 Å². The van der Waals surface area contributed by atoms with E-state index in [0.717, 1.165) is 31.5 Å². The van der Waals surface area contributed by atoms with Gasteiger partial charge in [0.05, 0.1) is 6.10 Å². The van der Waals surface area contributed by atoms with E-state index in [4.69, 9.17) is 11.6 Å². The quantitative estimate of drug-likeness (QED) is 0.878. The molecule has 1 aliphatic rings. The number of rotatable bonds is 5. The molecule has 122 valence electrons. The van der Waals surface area contributed by atoms with Crippen molar-refractivity contribution in [2.45, 2.75) is 25.0 Å². The summed E-state index contributed by atoms with van der Waals surface area (Å²) >= 11 is 6.13. The zero-order valence-corrected chi connectivity index (χ0v) is 13.9. The lowest BCUT2D eigenvalue weighted by molar-refractivity contribution is 0.167. The molecule has 0 amide bonds. The molecule has 0 spiro atoms. The molecule has 0 bridgehead atoms. The van der Waals surface area contributed by atoms with Gasteiger partial charge in [-0.15, -0.1) is 0 Å². The molecule has 0 aromatic heterocycles. The van der Waals surface area contributed by atoms with Crippen LogP contribution in [0.1, 0.15) is 24.5 Å². The fourth-order valence-electron chi connectivity index (χ4n) is 3.11. The molecule has 23 heavy (non-hydrogen) atoms. The van der Waals surface area contributed by atoms with Gasteiger partial charge in [0, 0.05) is 41.9 Å². The Morgan fingerprint density at radius 1 is 1.04 bits per heavy atom. The van der Waals surface area contributed by atoms with Gasteiger partial charge in [-0.05, 0) is 31.0 Å². The van der Waals surface area contributed by atoms with Gasteiger partial charge in [0.15, 0.2) is 0 Å². The Balaban J connectivity index is 1.47. The van der Waals surface area contributed by atoms with Crippen LogP contribution in [-0.4, -0.2) is 30.8 Å². The molecule has 1 aliphatic heterocycles. The van der Waals surface area contributed by atoms with Gasteiger partial charge in [-0.1, -0.05) is 48.0 Å². The third-order valence-corrected chi connectivity index (χ3v) is 4.82. The highest BCUT2D eigenvalue weighted by Gasteiger charge is 2.20. The van der Waals surface area contributed by atoms with E-state index in [0.29, 0.717) is 17.6 Å². The standard InChI is InChI=1S/C19H23ClN2O/c20-18-9-5-4-8-17(18)19(23)14-21-15-10-12-22(13-11-15)16-6-2-1-3-7-16/h1-9,15,19,21,23H,10-14H2. The van der Waals surface area contributed by atoms with Crippen molar-refractivity contribution < 1.29 is 5.11 Å². The van der Waals surface area contributed by atoms with E-state index in [1.807, 2.05) is 30.3 Å². The molecule has 2 N–H and O–H groups in total. The van der Waals surface area contributed by atoms with Crippen LogP contribution >= 0.6 is 11.6 Å². The lowest BCUT2D eigenvalue weighted by Crippen LogP contribution is -2.43. The summed E-state index contributed by atoms with van der Waals surface area (Å²) in [7, 11) is 0. The molecule has 2 aromatic rings. The molecule has 0 saturated carbocycles. The van der Waals surface area contributed by atoms with Crippen molar-refractivity contribution in [2.24, 2.45) is 0 Å². The Labute approximate surface area is 142 Å². The highest BCUT2D eigenvalue weighted by molar-refractivity contribution is 6.31. The van der Waals surface area contributed by atoms with Crippen LogP contribution in [0.25, 0.3) is 0 Å². The maximum absolute atomic E-state index is 10.3. The average molecular weight is 331 g/mol. The van der Waals surface area contributed by atoms with Gasteiger partial charge in [-0.25, -0.2) is 0 Å². The number of hydrogen-bond donors (Lipinski definition) is 2. The lowest BCUT2D eigenvalue weighted by Gasteiger charge is -2.34. The van der Waals surface area contributed by atoms with Gasteiger partial charge in [0.25, 0.3) is 0 Å². The summed E-state index contributed by atoms with van der Waals surface area (Å²) in [5, 5.41) is 14.4. The van der Waals surface area contributed by atoms with Gasteiger partial charge in [-0.2, -0.15) is 0 Å². The van der Waals surface area contributed by atoms with Gasteiger partial charge >= 0.3 is 0 Å². The fraction of sp³-hybridized carbons (Fsp3) is 0.368. The van der Waals surface area contributed by atoms with Gasteiger partial charge in [0.2, 0.25) is 0 Å². The number of piperidine rings is 1. The number of anilines is 1. The van der Waals surface area contributed by atoms with Crippen LogP contribution in [0.2, 0.25) is 5.02 Å². The van der Waals surface area contributed by atoms with E-state index in [-0.39, 0.29) is 0 Å². The van der Waals surface area contributed by atoms with Crippen molar-refractivity contribution in [3.8, 4) is 0 Å². The van der Waals surface area contributed by atoms with E-state index < -0.39 is 6.10 Å². The minimum atomic E-state index is -0.559. The Morgan fingerprint density at radius 2 is 1.70 bits per heavy atom. The number of halogens is 1. The summed E-state index contributed by atoms with van der Waals surface area (Å²) < 4.78 is 0. The average Bonchev–Trinajstić information content (AvgIpc) is 2.61. The molecule has 2 aromatic carbocycles. The molecule has 1 unspecified atom stereocenters. The SMILES string of the molecule is OC(CNC1CCN(c2ccccc2)CC1)c1ccccc1Cl. The molecule has 0 aliphatic carbocycles. The summed E-state index contributed by atoms with van der Waals surface area (Å²) in [6.45, 7) is 2.63. The highest BCUT2D eigenvalue weighted by Crippen LogP contribution is 2.23. The van der Waals surface area contributed by atoms with E-state index in [9.17, 15) is 5.11 Å². The fourth-order valence-corrected chi connectivity index (χ4v) is 3.38. The second-order valence-corrected chi connectivity index (χ2v) is 6.45. The lowest BCUT2D eigenvalue weighted by atomic mass is 10.0. The number of nitrogens with zero attached hydrogens (tertiary/aromatic N) is 1. The Bertz CT molecular complexity index is 612. The number of nitrogens with one attached hydrogen (secondary N) is 1. The van der Waals surface area contributed by atoms with Crippen molar-refractivity contribution in [3.63, 3.8) is 0 Å². The van der Waals surface area contributed by atoms with E-state index in [2.05, 4.69) is 34.5 Å². The smallest absolute Gasteiger partial charge is 0.0928 e. The largest absolute Gasteiger partial charge is 0.387 e. The van der Waals surface area contributed by atoms with Crippen LogP contribution < -0.4 is 10.2 Å². The summed E-state index contributed by atoms with van der Waals surface area (Å²) in [5.41, 5.74) is 2.09. The number of para-hydroxylation sites is 1. The second kappa shape index (κ2) is 7.82. The summed E-state index contributed by atoms with van der Waals surface area (Å²) in [6.07, 6.45) is 1.62. The Hall–Kier alpha value is -1.55. The minimum Gasteiger partial charge on any atom is -0.387 e. The van der Waals surface area contributed by atoms with Crippen LogP contribution in [0.15, 0.2) is 54.6 Å². The van der Waals surface area contributed by atoms with E-state index >= 15 is 0 Å². The van der Waals surface area contributed by atoms with Crippen molar-refractivity contribution >= 4 is 17.3 Å². The second-order valence-electron chi connectivity index (χ2n) is 6.04. The summed E-state index contributed by atoms with van der Waals surface area (Å²) in [5.74, 6) is 0. The normalized spacial score (nSPS) is 17.2. The van der Waals surface area contributed by atoms with Crippen LogP contribution in [0.5, 0.6) is 0 Å². The van der Waals surface area contributed by atoms with Crippen molar-refractivity contribution in [1.82, 2.24) is 5.32 Å². The van der Waals surface area contributed by atoms with Crippen molar-refractivity contribution in [1.29, 1.82) is 0 Å². The molecule has 1 atom stereocenters. The first-order chi connectivity index (χ1) is 11.2. The van der Waals surface area contributed by atoms with Crippen molar-refractivity contribution in [2.75, 3.05) is 24.5 Å². The first kappa shape index (κ1) is 16.3. The molecule has 4 heteroatoms. The first-order valence-corrected chi connectivity index (χ1v) is 8.57. The topological polar surface area (TPSA) is 35.5 Å².